The number of carbonyl (C=O) groups is 1. The van der Waals surface area contributed by atoms with E-state index in [1.54, 1.807) is 0 Å². The first-order chi connectivity index (χ1) is 10.0. The number of benzene rings is 1. The van der Waals surface area contributed by atoms with E-state index in [1.165, 1.54) is 25.3 Å². The number of ether oxygens (including phenoxy) is 1. The second kappa shape index (κ2) is 8.21. The van der Waals surface area contributed by atoms with Crippen LogP contribution in [-0.2, 0) is 0 Å². The second-order valence-corrected chi connectivity index (χ2v) is 4.64. The molecule has 0 fully saturated rings. The molecule has 0 saturated heterocycles. The van der Waals surface area contributed by atoms with Crippen LogP contribution in [0.5, 0.6) is 5.75 Å². The molecule has 116 valence electrons. The van der Waals surface area contributed by atoms with Crippen LogP contribution in [0.25, 0.3) is 0 Å². The number of aliphatic hydroxyl groups excluding tert-OH is 1. The minimum absolute atomic E-state index is 0.0718. The van der Waals surface area contributed by atoms with E-state index < -0.39 is 4.92 Å². The van der Waals surface area contributed by atoms with Crippen molar-refractivity contribution in [3.05, 3.63) is 33.9 Å². The molecule has 0 aliphatic rings. The summed E-state index contributed by atoms with van der Waals surface area (Å²) >= 11 is 0. The summed E-state index contributed by atoms with van der Waals surface area (Å²) < 4.78 is 4.89. The molecule has 7 nitrogen and oxygen atoms in total. The lowest BCUT2D eigenvalue weighted by molar-refractivity contribution is -0.385. The lowest BCUT2D eigenvalue weighted by Gasteiger charge is -2.14. The van der Waals surface area contributed by atoms with E-state index in [0.717, 1.165) is 6.42 Å². The molecule has 1 aromatic rings. The zero-order chi connectivity index (χ0) is 15.8. The third-order valence-electron chi connectivity index (χ3n) is 3.30. The topological polar surface area (TPSA) is 102 Å². The highest BCUT2D eigenvalue weighted by Gasteiger charge is 2.18. The number of carbonyl (C=O) groups excluding carboxylic acids is 1. The summed E-state index contributed by atoms with van der Waals surface area (Å²) in [4.78, 5) is 22.3. The molecule has 1 aromatic carbocycles. The van der Waals surface area contributed by atoms with Gasteiger partial charge in [-0.25, -0.2) is 0 Å². The maximum absolute atomic E-state index is 12.0. The van der Waals surface area contributed by atoms with Crippen LogP contribution in [0.4, 0.5) is 5.69 Å². The first-order valence-electron chi connectivity index (χ1n) is 6.74. The molecular formula is C14H20N2O5. The highest BCUT2D eigenvalue weighted by Crippen LogP contribution is 2.27. The largest absolute Gasteiger partial charge is 0.490 e. The Bertz CT molecular complexity index is 504. The van der Waals surface area contributed by atoms with Crippen LogP contribution in [0, 0.1) is 16.0 Å². The molecule has 21 heavy (non-hydrogen) atoms. The van der Waals surface area contributed by atoms with Gasteiger partial charge in [0.05, 0.1) is 12.0 Å². The fraction of sp³-hybridized carbons (Fsp3) is 0.500. The van der Waals surface area contributed by atoms with Crippen LogP contribution < -0.4 is 10.1 Å². The summed E-state index contributed by atoms with van der Waals surface area (Å²) in [5.74, 6) is -0.0763. The van der Waals surface area contributed by atoms with Crippen molar-refractivity contribution in [1.29, 1.82) is 0 Å². The van der Waals surface area contributed by atoms with Gasteiger partial charge < -0.3 is 15.2 Å². The Labute approximate surface area is 123 Å². The van der Waals surface area contributed by atoms with Gasteiger partial charge in [-0.05, 0) is 24.5 Å². The highest BCUT2D eigenvalue weighted by molar-refractivity contribution is 5.95. The Hall–Kier alpha value is -2.15. The Kier molecular flexibility index (Phi) is 6.61. The molecule has 0 saturated carbocycles. The second-order valence-electron chi connectivity index (χ2n) is 4.64. The van der Waals surface area contributed by atoms with E-state index in [0.29, 0.717) is 13.0 Å². The van der Waals surface area contributed by atoms with Crippen LogP contribution in [0.2, 0.25) is 0 Å². The number of aliphatic hydroxyl groups is 1. The number of hydrogen-bond donors (Lipinski definition) is 2. The van der Waals surface area contributed by atoms with Gasteiger partial charge in [-0.3, -0.25) is 14.9 Å². The molecule has 1 unspecified atom stereocenters. The maximum Gasteiger partial charge on any atom is 0.311 e. The van der Waals surface area contributed by atoms with Gasteiger partial charge in [0, 0.05) is 24.8 Å². The third kappa shape index (κ3) is 4.71. The number of methoxy groups -OCH3 is 1. The van der Waals surface area contributed by atoms with E-state index >= 15 is 0 Å². The minimum atomic E-state index is -0.587. The van der Waals surface area contributed by atoms with Gasteiger partial charge in [0.25, 0.3) is 5.91 Å². The Morgan fingerprint density at radius 2 is 2.24 bits per heavy atom. The number of rotatable bonds is 8. The van der Waals surface area contributed by atoms with Gasteiger partial charge in [-0.1, -0.05) is 13.3 Å². The molecule has 0 spiro atoms. The zero-order valence-electron chi connectivity index (χ0n) is 12.2. The maximum atomic E-state index is 12.0. The summed E-state index contributed by atoms with van der Waals surface area (Å²) in [5, 5.41) is 22.5. The van der Waals surface area contributed by atoms with Crippen molar-refractivity contribution in [3.8, 4) is 5.75 Å². The van der Waals surface area contributed by atoms with Gasteiger partial charge in [-0.2, -0.15) is 0 Å². The molecule has 0 radical (unpaired) electrons. The van der Waals surface area contributed by atoms with Crippen molar-refractivity contribution in [1.82, 2.24) is 5.32 Å². The van der Waals surface area contributed by atoms with Crippen molar-refractivity contribution in [2.45, 2.75) is 19.8 Å². The Balaban J connectivity index is 2.78. The summed E-state index contributed by atoms with van der Waals surface area (Å²) in [7, 11) is 1.34. The molecule has 0 heterocycles. The van der Waals surface area contributed by atoms with Gasteiger partial charge in [-0.15, -0.1) is 0 Å². The third-order valence-corrected chi connectivity index (χ3v) is 3.30. The van der Waals surface area contributed by atoms with Gasteiger partial charge in [0.1, 0.15) is 0 Å². The monoisotopic (exact) mass is 296 g/mol. The normalized spacial score (nSPS) is 11.8. The minimum Gasteiger partial charge on any atom is -0.490 e. The Morgan fingerprint density at radius 1 is 1.52 bits per heavy atom. The molecular weight excluding hydrogens is 276 g/mol. The Morgan fingerprint density at radius 3 is 2.76 bits per heavy atom. The standard InChI is InChI=1S/C14H20N2O5/c1-3-10(6-7-17)9-15-14(18)11-4-5-13(21-2)12(8-11)16(19)20/h4-5,8,10,17H,3,6-7,9H2,1-2H3,(H,15,18). The van der Waals surface area contributed by atoms with Crippen molar-refractivity contribution >= 4 is 11.6 Å². The smallest absolute Gasteiger partial charge is 0.311 e. The molecule has 0 aliphatic carbocycles. The van der Waals surface area contributed by atoms with Crippen molar-refractivity contribution < 1.29 is 19.6 Å². The van der Waals surface area contributed by atoms with Gasteiger partial charge in [0.2, 0.25) is 0 Å². The lowest BCUT2D eigenvalue weighted by Crippen LogP contribution is -2.29. The summed E-state index contributed by atoms with van der Waals surface area (Å²) in [6, 6.07) is 4.08. The van der Waals surface area contributed by atoms with E-state index in [-0.39, 0.29) is 35.4 Å². The van der Waals surface area contributed by atoms with Crippen molar-refractivity contribution in [2.75, 3.05) is 20.3 Å². The van der Waals surface area contributed by atoms with Crippen LogP contribution >= 0.6 is 0 Å². The van der Waals surface area contributed by atoms with E-state index in [2.05, 4.69) is 5.32 Å². The number of nitro groups is 1. The van der Waals surface area contributed by atoms with E-state index in [4.69, 9.17) is 9.84 Å². The molecule has 0 aromatic heterocycles. The zero-order valence-corrected chi connectivity index (χ0v) is 12.2. The first-order valence-corrected chi connectivity index (χ1v) is 6.74. The molecule has 1 amide bonds. The first kappa shape index (κ1) is 16.9. The molecule has 0 bridgehead atoms. The number of hydrogen-bond acceptors (Lipinski definition) is 5. The van der Waals surface area contributed by atoms with E-state index in [9.17, 15) is 14.9 Å². The molecule has 1 rings (SSSR count). The van der Waals surface area contributed by atoms with Crippen molar-refractivity contribution in [2.24, 2.45) is 5.92 Å². The number of nitro benzene ring substituents is 1. The van der Waals surface area contributed by atoms with E-state index in [1.807, 2.05) is 6.92 Å². The number of nitrogens with zero attached hydrogens (tertiary/aromatic N) is 1. The lowest BCUT2D eigenvalue weighted by atomic mass is 10.0. The van der Waals surface area contributed by atoms with Gasteiger partial charge >= 0.3 is 5.69 Å². The van der Waals surface area contributed by atoms with Crippen LogP contribution in [0.3, 0.4) is 0 Å². The molecule has 2 N–H and O–H groups in total. The van der Waals surface area contributed by atoms with Crippen LogP contribution in [-0.4, -0.2) is 36.2 Å². The summed E-state index contributed by atoms with van der Waals surface area (Å²) in [6.07, 6.45) is 1.45. The predicted octanol–water partition coefficient (Wildman–Crippen LogP) is 1.74. The highest BCUT2D eigenvalue weighted by atomic mass is 16.6. The van der Waals surface area contributed by atoms with Crippen LogP contribution in [0.15, 0.2) is 18.2 Å². The SMILES string of the molecule is CCC(CCO)CNC(=O)c1ccc(OC)c([N+](=O)[O-])c1. The molecule has 7 heteroatoms. The van der Waals surface area contributed by atoms with Gasteiger partial charge in [0.15, 0.2) is 5.75 Å². The molecule has 0 aliphatic heterocycles. The fourth-order valence-electron chi connectivity index (χ4n) is 1.95. The number of amides is 1. The predicted molar refractivity (Wildman–Crippen MR) is 77.5 cm³/mol. The average molecular weight is 296 g/mol. The fourth-order valence-corrected chi connectivity index (χ4v) is 1.95. The average Bonchev–Trinajstić information content (AvgIpc) is 2.50. The summed E-state index contributed by atoms with van der Waals surface area (Å²) in [5.41, 5.74) is -0.0334. The number of nitrogens with one attached hydrogen (secondary N) is 1. The molecule has 1 atom stereocenters. The summed E-state index contributed by atoms with van der Waals surface area (Å²) in [6.45, 7) is 2.48. The van der Waals surface area contributed by atoms with Crippen molar-refractivity contribution in [3.63, 3.8) is 0 Å². The quantitative estimate of drug-likeness (QED) is 0.562. The van der Waals surface area contributed by atoms with Crippen LogP contribution in [0.1, 0.15) is 30.1 Å².